The molecule has 174 valence electrons. The van der Waals surface area contributed by atoms with E-state index in [1.165, 1.54) is 18.2 Å². The average Bonchev–Trinajstić information content (AvgIpc) is 2.74. The molecule has 0 amide bonds. The number of phenolic OH excluding ortho intramolecular Hbond substituents is 1. The van der Waals surface area contributed by atoms with Crippen molar-refractivity contribution in [1.29, 1.82) is 0 Å². The molecule has 0 radical (unpaired) electrons. The first-order valence-corrected chi connectivity index (χ1v) is 12.7. The number of sulfone groups is 1. The van der Waals surface area contributed by atoms with Crippen LogP contribution in [0.4, 0.5) is 4.39 Å². The Morgan fingerprint density at radius 2 is 1.88 bits per heavy atom. The molecular weight excluding hydrogens is 501 g/mol. The second-order valence-electron chi connectivity index (χ2n) is 6.98. The van der Waals surface area contributed by atoms with E-state index in [-0.39, 0.29) is 32.7 Å². The summed E-state index contributed by atoms with van der Waals surface area (Å²) in [5.41, 5.74) is 0.0910. The van der Waals surface area contributed by atoms with Gasteiger partial charge in [0.2, 0.25) is 0 Å². The van der Waals surface area contributed by atoms with Crippen LogP contribution in [0.25, 0.3) is 6.08 Å². The first kappa shape index (κ1) is 26.0. The van der Waals surface area contributed by atoms with E-state index in [1.54, 1.807) is 19.1 Å². The van der Waals surface area contributed by atoms with E-state index in [4.69, 9.17) is 4.74 Å². The first-order valence-electron chi connectivity index (χ1n) is 10.2. The van der Waals surface area contributed by atoms with Crippen molar-refractivity contribution in [2.24, 2.45) is 0 Å². The van der Waals surface area contributed by atoms with Crippen LogP contribution in [-0.2, 0) is 20.3 Å². The molecule has 0 atom stereocenters. The van der Waals surface area contributed by atoms with Crippen LogP contribution in [-0.4, -0.2) is 50.6 Å². The maximum absolute atomic E-state index is 13.9. The van der Waals surface area contributed by atoms with E-state index < -0.39 is 33.1 Å². The van der Waals surface area contributed by atoms with Gasteiger partial charge in [0.05, 0.1) is 21.7 Å². The van der Waals surface area contributed by atoms with Crippen molar-refractivity contribution >= 4 is 37.8 Å². The molecular formula is C23H27BrFNO5S. The number of ether oxygens (including phenoxy) is 1. The Hall–Kier alpha value is -2.23. The van der Waals surface area contributed by atoms with Crippen LogP contribution in [0.1, 0.15) is 42.3 Å². The molecule has 0 spiro atoms. The van der Waals surface area contributed by atoms with E-state index in [9.17, 15) is 22.7 Å². The highest BCUT2D eigenvalue weighted by Gasteiger charge is 2.26. The Morgan fingerprint density at radius 1 is 1.19 bits per heavy atom. The smallest absolute Gasteiger partial charge is 0.342 e. The Kier molecular flexibility index (Phi) is 9.42. The van der Waals surface area contributed by atoms with Gasteiger partial charge in [-0.2, -0.15) is 0 Å². The normalized spacial score (nSPS) is 11.9. The fourth-order valence-electron chi connectivity index (χ4n) is 3.18. The van der Waals surface area contributed by atoms with Crippen molar-refractivity contribution < 1.29 is 27.4 Å². The highest BCUT2D eigenvalue weighted by atomic mass is 79.9. The number of aromatic hydroxyl groups is 1. The third-order valence-electron chi connectivity index (χ3n) is 4.90. The molecule has 2 rings (SSSR count). The molecule has 32 heavy (non-hydrogen) atoms. The number of carbonyl (C=O) groups excluding carboxylic acids is 1. The molecule has 0 saturated heterocycles. The topological polar surface area (TPSA) is 83.9 Å². The summed E-state index contributed by atoms with van der Waals surface area (Å²) in [5, 5.41) is 10.3. The molecule has 0 unspecified atom stereocenters. The fourth-order valence-corrected chi connectivity index (χ4v) is 5.08. The minimum absolute atomic E-state index is 0.0630. The van der Waals surface area contributed by atoms with E-state index >= 15 is 0 Å². The maximum Gasteiger partial charge on any atom is 0.342 e. The number of hydrogen-bond donors (Lipinski definition) is 1. The van der Waals surface area contributed by atoms with E-state index in [0.29, 0.717) is 6.54 Å². The minimum Gasteiger partial charge on any atom is -0.506 e. The number of halogens is 2. The van der Waals surface area contributed by atoms with E-state index in [1.807, 2.05) is 13.8 Å². The Morgan fingerprint density at radius 3 is 2.50 bits per heavy atom. The van der Waals surface area contributed by atoms with Crippen molar-refractivity contribution in [3.05, 3.63) is 63.4 Å². The molecule has 9 heteroatoms. The van der Waals surface area contributed by atoms with Crippen LogP contribution in [0, 0.1) is 5.82 Å². The number of carbonyl (C=O) groups is 1. The largest absolute Gasteiger partial charge is 0.506 e. The molecule has 0 heterocycles. The molecule has 0 aliphatic rings. The summed E-state index contributed by atoms with van der Waals surface area (Å²) in [6.07, 6.45) is 3.37. The SMILES string of the molecule is CCOC(=O)c1c(CS(=O)(=O)c2ccc(F)cc2C=CCN(CC)CC)ccc(Br)c1O. The lowest BCUT2D eigenvalue weighted by atomic mass is 10.1. The first-order chi connectivity index (χ1) is 15.1. The Balaban J connectivity index is 2.47. The van der Waals surface area contributed by atoms with Crippen LogP contribution in [0.15, 0.2) is 45.8 Å². The summed E-state index contributed by atoms with van der Waals surface area (Å²) in [5.74, 6) is -2.34. The molecule has 2 aromatic rings. The number of esters is 1. The van der Waals surface area contributed by atoms with Gasteiger partial charge in [-0.1, -0.05) is 32.1 Å². The predicted octanol–water partition coefficient (Wildman–Crippen LogP) is 4.80. The molecule has 1 N–H and O–H groups in total. The van der Waals surface area contributed by atoms with Gasteiger partial charge in [0.1, 0.15) is 17.1 Å². The number of rotatable bonds is 10. The zero-order valence-corrected chi connectivity index (χ0v) is 20.7. The van der Waals surface area contributed by atoms with Gasteiger partial charge in [-0.15, -0.1) is 0 Å². The predicted molar refractivity (Wildman–Crippen MR) is 126 cm³/mol. The number of benzene rings is 2. The summed E-state index contributed by atoms with van der Waals surface area (Å²) in [7, 11) is -3.99. The van der Waals surface area contributed by atoms with Crippen molar-refractivity contribution in [1.82, 2.24) is 4.90 Å². The van der Waals surface area contributed by atoms with Gasteiger partial charge in [-0.3, -0.25) is 0 Å². The number of likely N-dealkylation sites (N-methyl/N-ethyl adjacent to an activating group) is 1. The lowest BCUT2D eigenvalue weighted by molar-refractivity contribution is 0.0522. The molecule has 0 aliphatic carbocycles. The van der Waals surface area contributed by atoms with Crippen molar-refractivity contribution in [3.63, 3.8) is 0 Å². The summed E-state index contributed by atoms with van der Waals surface area (Å²) in [4.78, 5) is 14.4. The van der Waals surface area contributed by atoms with Crippen LogP contribution in [0.3, 0.4) is 0 Å². The van der Waals surface area contributed by atoms with Crippen LogP contribution in [0.5, 0.6) is 5.75 Å². The van der Waals surface area contributed by atoms with Gasteiger partial charge in [-0.25, -0.2) is 17.6 Å². The van der Waals surface area contributed by atoms with E-state index in [0.717, 1.165) is 25.2 Å². The fraction of sp³-hybridized carbons (Fsp3) is 0.348. The Labute approximate surface area is 196 Å². The second-order valence-corrected chi connectivity index (χ2v) is 9.79. The molecule has 0 aromatic heterocycles. The molecule has 0 bridgehead atoms. The van der Waals surface area contributed by atoms with Crippen molar-refractivity contribution in [3.8, 4) is 5.75 Å². The lowest BCUT2D eigenvalue weighted by Crippen LogP contribution is -2.22. The highest BCUT2D eigenvalue weighted by molar-refractivity contribution is 9.10. The average molecular weight is 528 g/mol. The van der Waals surface area contributed by atoms with Gasteiger partial charge in [-0.05, 0) is 71.3 Å². The molecule has 2 aromatic carbocycles. The lowest BCUT2D eigenvalue weighted by Gasteiger charge is -2.15. The molecule has 0 aliphatic heterocycles. The van der Waals surface area contributed by atoms with Gasteiger partial charge < -0.3 is 14.7 Å². The quantitative estimate of drug-likeness (QED) is 0.353. The van der Waals surface area contributed by atoms with Gasteiger partial charge in [0.25, 0.3) is 0 Å². The van der Waals surface area contributed by atoms with Crippen LogP contribution in [0.2, 0.25) is 0 Å². The monoisotopic (exact) mass is 527 g/mol. The van der Waals surface area contributed by atoms with Crippen LogP contribution >= 0.6 is 15.9 Å². The minimum atomic E-state index is -3.99. The second kappa shape index (κ2) is 11.6. The summed E-state index contributed by atoms with van der Waals surface area (Å²) in [6.45, 7) is 7.97. The zero-order valence-electron chi connectivity index (χ0n) is 18.3. The van der Waals surface area contributed by atoms with Crippen molar-refractivity contribution in [2.45, 2.75) is 31.4 Å². The summed E-state index contributed by atoms with van der Waals surface area (Å²) >= 11 is 3.13. The molecule has 6 nitrogen and oxygen atoms in total. The maximum atomic E-state index is 13.9. The van der Waals surface area contributed by atoms with Crippen LogP contribution < -0.4 is 0 Å². The van der Waals surface area contributed by atoms with Crippen molar-refractivity contribution in [2.75, 3.05) is 26.2 Å². The van der Waals surface area contributed by atoms with E-state index in [2.05, 4.69) is 20.8 Å². The summed E-state index contributed by atoms with van der Waals surface area (Å²) in [6, 6.07) is 6.35. The number of phenols is 1. The third-order valence-corrected chi connectivity index (χ3v) is 7.28. The van der Waals surface area contributed by atoms with Gasteiger partial charge in [0.15, 0.2) is 9.84 Å². The standard InChI is InChI=1S/C23H27BrFNO5S/c1-4-26(5-2)13-7-8-16-14-18(25)10-12-20(16)32(29,30)15-17-9-11-19(24)22(27)21(17)23(28)31-6-3/h7-12,14,27H,4-6,13,15H2,1-3H3. The number of nitrogens with zero attached hydrogens (tertiary/aromatic N) is 1. The molecule has 0 saturated carbocycles. The third kappa shape index (κ3) is 6.40. The Bertz CT molecular complexity index is 1100. The van der Waals surface area contributed by atoms with Gasteiger partial charge >= 0.3 is 5.97 Å². The number of hydrogen-bond acceptors (Lipinski definition) is 6. The zero-order chi connectivity index (χ0) is 23.9. The summed E-state index contributed by atoms with van der Waals surface area (Å²) < 4.78 is 45.6. The molecule has 0 fully saturated rings. The van der Waals surface area contributed by atoms with Gasteiger partial charge in [0, 0.05) is 6.54 Å². The highest BCUT2D eigenvalue weighted by Crippen LogP contribution is 2.33.